The average molecular weight is 471 g/mol. The van der Waals surface area contributed by atoms with E-state index in [1.54, 1.807) is 0 Å². The molecule has 0 aliphatic carbocycles. The first-order valence-corrected chi connectivity index (χ1v) is 12.7. The minimum atomic E-state index is 0.906. The molecule has 1 aliphatic rings. The molecule has 172 valence electrons. The van der Waals surface area contributed by atoms with Crippen LogP contribution in [0, 0.1) is 0 Å². The Kier molecular flexibility index (Phi) is 4.29. The van der Waals surface area contributed by atoms with Crippen molar-refractivity contribution in [3.8, 4) is 44.9 Å². The maximum atomic E-state index is 6.53. The van der Waals surface area contributed by atoms with Gasteiger partial charge in [0.15, 0.2) is 0 Å². The monoisotopic (exact) mass is 470 g/mol. The van der Waals surface area contributed by atoms with Crippen LogP contribution in [0.3, 0.4) is 0 Å². The van der Waals surface area contributed by atoms with Gasteiger partial charge in [-0.25, -0.2) is 0 Å². The van der Waals surface area contributed by atoms with Gasteiger partial charge in [-0.1, -0.05) is 121 Å². The van der Waals surface area contributed by atoms with Gasteiger partial charge in [0.1, 0.15) is 11.5 Å². The zero-order valence-electron chi connectivity index (χ0n) is 20.1. The molecule has 0 bridgehead atoms. The molecule has 7 aromatic rings. The minimum Gasteiger partial charge on any atom is -0.456 e. The van der Waals surface area contributed by atoms with Crippen molar-refractivity contribution in [1.29, 1.82) is 0 Å². The molecule has 0 radical (unpaired) electrons. The molecule has 0 fully saturated rings. The van der Waals surface area contributed by atoms with E-state index in [1.165, 1.54) is 60.1 Å². The topological polar surface area (TPSA) is 9.23 Å². The third kappa shape index (κ3) is 2.92. The molecule has 0 aromatic heterocycles. The molecule has 0 N–H and O–H groups in total. The molecule has 1 heteroatoms. The van der Waals surface area contributed by atoms with Gasteiger partial charge in [-0.05, 0) is 66.9 Å². The highest BCUT2D eigenvalue weighted by Gasteiger charge is 2.25. The Hall–Kier alpha value is -4.88. The average Bonchev–Trinajstić information content (AvgIpc) is 2.96. The molecule has 0 saturated heterocycles. The van der Waals surface area contributed by atoms with Crippen LogP contribution in [-0.4, -0.2) is 0 Å². The third-order valence-electron chi connectivity index (χ3n) is 7.65. The Morgan fingerprint density at radius 1 is 0.351 bits per heavy atom. The number of hydrogen-bond acceptors (Lipinski definition) is 1. The Balaban J connectivity index is 1.55. The quantitative estimate of drug-likeness (QED) is 0.228. The van der Waals surface area contributed by atoms with Gasteiger partial charge in [-0.3, -0.25) is 0 Å². The second kappa shape index (κ2) is 7.81. The van der Waals surface area contributed by atoms with Crippen LogP contribution in [-0.2, 0) is 0 Å². The predicted molar refractivity (Wildman–Crippen MR) is 155 cm³/mol. The largest absolute Gasteiger partial charge is 0.456 e. The second-order valence-corrected chi connectivity index (χ2v) is 9.65. The van der Waals surface area contributed by atoms with Gasteiger partial charge in [-0.2, -0.15) is 0 Å². The Morgan fingerprint density at radius 3 is 1.59 bits per heavy atom. The lowest BCUT2D eigenvalue weighted by atomic mass is 9.82. The lowest BCUT2D eigenvalue weighted by molar-refractivity contribution is 0.487. The van der Waals surface area contributed by atoms with Gasteiger partial charge < -0.3 is 4.74 Å². The van der Waals surface area contributed by atoms with Crippen LogP contribution in [0.5, 0.6) is 11.5 Å². The van der Waals surface area contributed by atoms with Gasteiger partial charge in [0.2, 0.25) is 0 Å². The highest BCUT2D eigenvalue weighted by molar-refractivity contribution is 6.23. The van der Waals surface area contributed by atoms with Gasteiger partial charge in [0.25, 0.3) is 0 Å². The normalized spacial score (nSPS) is 12.0. The zero-order chi connectivity index (χ0) is 24.3. The van der Waals surface area contributed by atoms with Crippen LogP contribution in [0.1, 0.15) is 0 Å². The Bertz CT molecular complexity index is 1940. The number of fused-ring (bicyclic) bond motifs is 4. The summed E-state index contributed by atoms with van der Waals surface area (Å²) in [6.07, 6.45) is 0. The predicted octanol–water partition coefficient (Wildman–Crippen LogP) is 10.3. The maximum Gasteiger partial charge on any atom is 0.135 e. The number of rotatable bonds is 2. The van der Waals surface area contributed by atoms with Crippen molar-refractivity contribution in [2.45, 2.75) is 0 Å². The zero-order valence-corrected chi connectivity index (χ0v) is 20.1. The molecule has 7 aromatic carbocycles. The van der Waals surface area contributed by atoms with Gasteiger partial charge in [0.05, 0.1) is 0 Å². The lowest BCUT2D eigenvalue weighted by Gasteiger charge is -2.25. The first-order chi connectivity index (χ1) is 18.4. The SMILES string of the molecule is c1ccc(-c2c3ccccc3c(-c3cccc4c3-c3cccc5cccc(c35)O4)c3ccccc23)cc1. The molecule has 0 unspecified atom stereocenters. The first-order valence-electron chi connectivity index (χ1n) is 12.7. The van der Waals surface area contributed by atoms with Crippen molar-refractivity contribution in [2.24, 2.45) is 0 Å². The summed E-state index contributed by atoms with van der Waals surface area (Å²) in [5.74, 6) is 1.83. The molecule has 8 rings (SSSR count). The summed E-state index contributed by atoms with van der Waals surface area (Å²) in [6, 6.07) is 47.7. The summed E-state index contributed by atoms with van der Waals surface area (Å²) in [5.41, 5.74) is 7.36. The third-order valence-corrected chi connectivity index (χ3v) is 7.65. The van der Waals surface area contributed by atoms with E-state index in [9.17, 15) is 0 Å². The standard InChI is InChI=1S/C36H22O/c1-2-11-23(12-3-1)33-25-15-4-6-17-27(25)35(28-18-7-5-16-26(28)33)30-20-10-22-32-36(30)29-19-8-13-24-14-9-21-31(37-32)34(24)29/h1-22H. The Labute approximate surface area is 215 Å². The van der Waals surface area contributed by atoms with Crippen molar-refractivity contribution in [3.63, 3.8) is 0 Å². The summed E-state index contributed by atoms with van der Waals surface area (Å²) in [4.78, 5) is 0. The van der Waals surface area contributed by atoms with Crippen LogP contribution in [0.4, 0.5) is 0 Å². The molecular weight excluding hydrogens is 448 g/mol. The van der Waals surface area contributed by atoms with E-state index < -0.39 is 0 Å². The fourth-order valence-electron chi connectivity index (χ4n) is 6.16. The molecule has 0 amide bonds. The molecule has 0 atom stereocenters. The van der Waals surface area contributed by atoms with Crippen molar-refractivity contribution in [1.82, 2.24) is 0 Å². The lowest BCUT2D eigenvalue weighted by Crippen LogP contribution is -1.99. The van der Waals surface area contributed by atoms with Gasteiger partial charge in [0, 0.05) is 10.9 Å². The summed E-state index contributed by atoms with van der Waals surface area (Å²) in [7, 11) is 0. The molecule has 1 nitrogen and oxygen atoms in total. The van der Waals surface area contributed by atoms with E-state index in [1.807, 2.05) is 0 Å². The van der Waals surface area contributed by atoms with Crippen molar-refractivity contribution in [3.05, 3.63) is 133 Å². The molecule has 1 heterocycles. The van der Waals surface area contributed by atoms with E-state index in [0.29, 0.717) is 0 Å². The van der Waals surface area contributed by atoms with Gasteiger partial charge in [-0.15, -0.1) is 0 Å². The number of ether oxygens (including phenoxy) is 1. The van der Waals surface area contributed by atoms with Crippen LogP contribution in [0.25, 0.3) is 65.7 Å². The number of benzene rings is 7. The second-order valence-electron chi connectivity index (χ2n) is 9.65. The summed E-state index contributed by atoms with van der Waals surface area (Å²) in [6.45, 7) is 0. The maximum absolute atomic E-state index is 6.53. The first kappa shape index (κ1) is 20.3. The summed E-state index contributed by atoms with van der Waals surface area (Å²) in [5, 5.41) is 7.40. The summed E-state index contributed by atoms with van der Waals surface area (Å²) >= 11 is 0. The molecule has 0 spiro atoms. The minimum absolute atomic E-state index is 0.906. The Morgan fingerprint density at radius 2 is 0.892 bits per heavy atom. The fraction of sp³-hybridized carbons (Fsp3) is 0. The number of hydrogen-bond donors (Lipinski definition) is 0. The van der Waals surface area contributed by atoms with E-state index in [4.69, 9.17) is 4.74 Å². The molecule has 37 heavy (non-hydrogen) atoms. The smallest absolute Gasteiger partial charge is 0.135 e. The summed E-state index contributed by atoms with van der Waals surface area (Å²) < 4.78 is 6.53. The van der Waals surface area contributed by atoms with E-state index in [2.05, 4.69) is 133 Å². The molecule has 0 saturated carbocycles. The molecule has 1 aliphatic heterocycles. The van der Waals surface area contributed by atoms with Crippen LogP contribution in [0.15, 0.2) is 133 Å². The van der Waals surface area contributed by atoms with Crippen molar-refractivity contribution < 1.29 is 4.74 Å². The van der Waals surface area contributed by atoms with Crippen LogP contribution < -0.4 is 4.74 Å². The van der Waals surface area contributed by atoms with E-state index in [-0.39, 0.29) is 0 Å². The van der Waals surface area contributed by atoms with Crippen LogP contribution >= 0.6 is 0 Å². The highest BCUT2D eigenvalue weighted by Crippen LogP contribution is 2.53. The highest BCUT2D eigenvalue weighted by atomic mass is 16.5. The van der Waals surface area contributed by atoms with Crippen molar-refractivity contribution in [2.75, 3.05) is 0 Å². The fourth-order valence-corrected chi connectivity index (χ4v) is 6.16. The van der Waals surface area contributed by atoms with Crippen LogP contribution in [0.2, 0.25) is 0 Å². The van der Waals surface area contributed by atoms with Crippen molar-refractivity contribution >= 4 is 32.3 Å². The van der Waals surface area contributed by atoms with E-state index in [0.717, 1.165) is 17.1 Å². The van der Waals surface area contributed by atoms with E-state index >= 15 is 0 Å². The molecular formula is C36H22O. The van der Waals surface area contributed by atoms with Gasteiger partial charge >= 0.3 is 0 Å².